The highest BCUT2D eigenvalue weighted by atomic mass is 35.5. The Hall–Kier alpha value is -1.26. The molecule has 0 spiro atoms. The van der Waals surface area contributed by atoms with Gasteiger partial charge in [0, 0.05) is 31.2 Å². The summed E-state index contributed by atoms with van der Waals surface area (Å²) in [7, 11) is 0. The number of rotatable bonds is 4. The number of ether oxygens (including phenoxy) is 1. The molecule has 18 heavy (non-hydrogen) atoms. The Morgan fingerprint density at radius 1 is 1.28 bits per heavy atom. The van der Waals surface area contributed by atoms with Crippen LogP contribution in [-0.2, 0) is 4.79 Å². The van der Waals surface area contributed by atoms with Crippen LogP contribution in [0.3, 0.4) is 0 Å². The molecule has 2 rings (SSSR count). The first-order chi connectivity index (χ1) is 8.75. The molecule has 1 heterocycles. The first-order valence-electron chi connectivity index (χ1n) is 6.12. The maximum atomic E-state index is 11.8. The average molecular weight is 269 g/mol. The van der Waals surface area contributed by atoms with Gasteiger partial charge < -0.3 is 15.0 Å². The molecule has 0 saturated carbocycles. The van der Waals surface area contributed by atoms with Gasteiger partial charge in [-0.2, -0.15) is 0 Å². The number of amides is 1. The maximum absolute atomic E-state index is 11.8. The van der Waals surface area contributed by atoms with Crippen LogP contribution >= 0.6 is 11.6 Å². The summed E-state index contributed by atoms with van der Waals surface area (Å²) in [5.41, 5.74) is 0. The highest BCUT2D eigenvalue weighted by Crippen LogP contribution is 2.15. The summed E-state index contributed by atoms with van der Waals surface area (Å²) < 4.78 is 5.50. The molecule has 1 aromatic rings. The second kappa shape index (κ2) is 6.61. The summed E-state index contributed by atoms with van der Waals surface area (Å²) >= 11 is 5.78. The van der Waals surface area contributed by atoms with E-state index in [0.717, 1.165) is 31.9 Å². The molecule has 1 aromatic carbocycles. The molecular weight excluding hydrogens is 252 g/mol. The predicted octanol–water partition coefficient (Wildman–Crippen LogP) is 1.54. The average Bonchev–Trinajstić information content (AvgIpc) is 2.42. The van der Waals surface area contributed by atoms with Crippen molar-refractivity contribution in [1.29, 1.82) is 0 Å². The fourth-order valence-corrected chi connectivity index (χ4v) is 1.99. The van der Waals surface area contributed by atoms with Crippen molar-refractivity contribution in [2.45, 2.75) is 6.42 Å². The lowest BCUT2D eigenvalue weighted by Gasteiger charge is -2.27. The Morgan fingerprint density at radius 3 is 2.61 bits per heavy atom. The van der Waals surface area contributed by atoms with Crippen molar-refractivity contribution >= 4 is 17.5 Å². The van der Waals surface area contributed by atoms with Crippen LogP contribution in [0.5, 0.6) is 5.75 Å². The van der Waals surface area contributed by atoms with Crippen LogP contribution < -0.4 is 10.1 Å². The van der Waals surface area contributed by atoms with Gasteiger partial charge in [-0.05, 0) is 24.3 Å². The molecule has 1 aliphatic rings. The van der Waals surface area contributed by atoms with Gasteiger partial charge in [-0.1, -0.05) is 11.6 Å². The van der Waals surface area contributed by atoms with Crippen LogP contribution in [-0.4, -0.2) is 43.6 Å². The minimum Gasteiger partial charge on any atom is -0.493 e. The molecule has 0 unspecified atom stereocenters. The van der Waals surface area contributed by atoms with E-state index in [-0.39, 0.29) is 5.91 Å². The van der Waals surface area contributed by atoms with E-state index in [1.807, 2.05) is 4.90 Å². The number of carbonyl (C=O) groups is 1. The van der Waals surface area contributed by atoms with E-state index in [4.69, 9.17) is 16.3 Å². The van der Waals surface area contributed by atoms with Crippen LogP contribution in [0.25, 0.3) is 0 Å². The summed E-state index contributed by atoms with van der Waals surface area (Å²) in [6.45, 7) is 3.75. The molecule has 5 heteroatoms. The molecule has 98 valence electrons. The second-order valence-electron chi connectivity index (χ2n) is 4.18. The molecule has 0 radical (unpaired) electrons. The van der Waals surface area contributed by atoms with Crippen molar-refractivity contribution in [1.82, 2.24) is 10.2 Å². The molecule has 1 N–H and O–H groups in total. The van der Waals surface area contributed by atoms with E-state index >= 15 is 0 Å². The highest BCUT2D eigenvalue weighted by molar-refractivity contribution is 6.30. The van der Waals surface area contributed by atoms with Crippen LogP contribution in [0.4, 0.5) is 0 Å². The van der Waals surface area contributed by atoms with Crippen LogP contribution in [0.1, 0.15) is 6.42 Å². The number of nitrogens with zero attached hydrogens (tertiary/aromatic N) is 1. The number of piperazine rings is 1. The molecule has 1 saturated heterocycles. The standard InChI is InChI=1S/C13H17ClN2O2/c14-11-1-3-12(4-2-11)18-10-5-13(17)16-8-6-15-7-9-16/h1-4,15H,5-10H2. The van der Waals surface area contributed by atoms with E-state index in [1.165, 1.54) is 0 Å². The van der Waals surface area contributed by atoms with Crippen LogP contribution in [0.15, 0.2) is 24.3 Å². The molecule has 0 aliphatic carbocycles. The molecule has 4 nitrogen and oxygen atoms in total. The predicted molar refractivity (Wildman–Crippen MR) is 71.0 cm³/mol. The van der Waals surface area contributed by atoms with Gasteiger partial charge in [-0.15, -0.1) is 0 Å². The first kappa shape index (κ1) is 13.2. The summed E-state index contributed by atoms with van der Waals surface area (Å²) in [4.78, 5) is 13.7. The zero-order chi connectivity index (χ0) is 12.8. The molecule has 1 aliphatic heterocycles. The molecule has 0 atom stereocenters. The van der Waals surface area contributed by atoms with Gasteiger partial charge in [0.1, 0.15) is 5.75 Å². The van der Waals surface area contributed by atoms with Gasteiger partial charge in [-0.25, -0.2) is 0 Å². The Morgan fingerprint density at radius 2 is 1.94 bits per heavy atom. The number of carbonyl (C=O) groups excluding carboxylic acids is 1. The van der Waals surface area contributed by atoms with Crippen molar-refractivity contribution in [2.75, 3.05) is 32.8 Å². The molecule has 0 aromatic heterocycles. The summed E-state index contributed by atoms with van der Waals surface area (Å²) in [5.74, 6) is 0.901. The highest BCUT2D eigenvalue weighted by Gasteiger charge is 2.15. The second-order valence-corrected chi connectivity index (χ2v) is 4.62. The number of benzene rings is 1. The zero-order valence-electron chi connectivity index (χ0n) is 10.2. The molecule has 1 fully saturated rings. The minimum absolute atomic E-state index is 0.158. The maximum Gasteiger partial charge on any atom is 0.226 e. The van der Waals surface area contributed by atoms with Gasteiger partial charge in [0.2, 0.25) is 5.91 Å². The molecule has 1 amide bonds. The number of nitrogens with one attached hydrogen (secondary N) is 1. The summed E-state index contributed by atoms with van der Waals surface area (Å²) in [5, 5.41) is 3.90. The normalized spacial score (nSPS) is 15.5. The van der Waals surface area contributed by atoms with E-state index in [9.17, 15) is 4.79 Å². The third kappa shape index (κ3) is 3.89. The van der Waals surface area contributed by atoms with Crippen molar-refractivity contribution in [3.8, 4) is 5.75 Å². The largest absolute Gasteiger partial charge is 0.493 e. The van der Waals surface area contributed by atoms with Crippen molar-refractivity contribution < 1.29 is 9.53 Å². The first-order valence-corrected chi connectivity index (χ1v) is 6.50. The summed E-state index contributed by atoms with van der Waals surface area (Å²) in [6.07, 6.45) is 0.419. The minimum atomic E-state index is 0.158. The Kier molecular flexibility index (Phi) is 4.84. The van der Waals surface area contributed by atoms with E-state index in [2.05, 4.69) is 5.32 Å². The topological polar surface area (TPSA) is 41.6 Å². The van der Waals surface area contributed by atoms with Crippen LogP contribution in [0, 0.1) is 0 Å². The lowest BCUT2D eigenvalue weighted by molar-refractivity contribution is -0.132. The van der Waals surface area contributed by atoms with Gasteiger partial charge in [0.05, 0.1) is 13.0 Å². The van der Waals surface area contributed by atoms with Crippen molar-refractivity contribution in [3.05, 3.63) is 29.3 Å². The van der Waals surface area contributed by atoms with Crippen molar-refractivity contribution in [2.24, 2.45) is 0 Å². The van der Waals surface area contributed by atoms with Crippen molar-refractivity contribution in [3.63, 3.8) is 0 Å². The lowest BCUT2D eigenvalue weighted by Crippen LogP contribution is -2.46. The number of hydrogen-bond donors (Lipinski definition) is 1. The number of hydrogen-bond acceptors (Lipinski definition) is 3. The fraction of sp³-hybridized carbons (Fsp3) is 0.462. The van der Waals surface area contributed by atoms with Gasteiger partial charge >= 0.3 is 0 Å². The van der Waals surface area contributed by atoms with Gasteiger partial charge in [0.25, 0.3) is 0 Å². The van der Waals surface area contributed by atoms with Gasteiger partial charge in [-0.3, -0.25) is 4.79 Å². The Bertz CT molecular complexity index is 388. The fourth-order valence-electron chi connectivity index (χ4n) is 1.86. The third-order valence-corrected chi connectivity index (χ3v) is 3.12. The molecule has 0 bridgehead atoms. The quantitative estimate of drug-likeness (QED) is 0.901. The van der Waals surface area contributed by atoms with E-state index < -0.39 is 0 Å². The smallest absolute Gasteiger partial charge is 0.226 e. The summed E-state index contributed by atoms with van der Waals surface area (Å²) in [6, 6.07) is 7.15. The van der Waals surface area contributed by atoms with Gasteiger partial charge in [0.15, 0.2) is 0 Å². The SMILES string of the molecule is O=C(CCOc1ccc(Cl)cc1)N1CCNCC1. The monoisotopic (exact) mass is 268 g/mol. The third-order valence-electron chi connectivity index (χ3n) is 2.87. The van der Waals surface area contributed by atoms with E-state index in [1.54, 1.807) is 24.3 Å². The van der Waals surface area contributed by atoms with E-state index in [0.29, 0.717) is 18.1 Å². The lowest BCUT2D eigenvalue weighted by atomic mass is 10.3. The number of halogens is 1. The molecular formula is C13H17ClN2O2. The Balaban J connectivity index is 1.71. The van der Waals surface area contributed by atoms with Crippen LogP contribution in [0.2, 0.25) is 5.02 Å². The Labute approximate surface area is 112 Å². The zero-order valence-corrected chi connectivity index (χ0v) is 10.9.